The Morgan fingerprint density at radius 1 is 1.35 bits per heavy atom. The van der Waals surface area contributed by atoms with Crippen LogP contribution in [0.2, 0.25) is 0 Å². The zero-order valence-corrected chi connectivity index (χ0v) is 15.5. The fourth-order valence-corrected chi connectivity index (χ4v) is 3.96. The first-order chi connectivity index (χ1) is 12.5. The Bertz CT molecular complexity index is 704. The first-order valence-corrected chi connectivity index (χ1v) is 9.84. The van der Waals surface area contributed by atoms with Crippen molar-refractivity contribution in [2.45, 2.75) is 17.7 Å². The van der Waals surface area contributed by atoms with Gasteiger partial charge < -0.3 is 9.47 Å². The molecule has 0 aliphatic carbocycles. The average molecular weight is 387 g/mol. The number of amides is 1. The molecule has 0 saturated carbocycles. The van der Waals surface area contributed by atoms with Crippen LogP contribution in [0.15, 0.2) is 23.1 Å². The van der Waals surface area contributed by atoms with Crippen LogP contribution in [0.3, 0.4) is 0 Å². The van der Waals surface area contributed by atoms with Gasteiger partial charge in [-0.25, -0.2) is 18.6 Å². The van der Waals surface area contributed by atoms with E-state index in [1.165, 1.54) is 18.7 Å². The molecule has 0 bridgehead atoms. The number of morpholine rings is 1. The molecule has 10 heteroatoms. The SMILES string of the molecule is COc1ccc(S(=O)(=O)NCCC(=O)NO)c(CCN2CCOCC2)c1. The number of methoxy groups -OCH3 is 1. The van der Waals surface area contributed by atoms with E-state index in [0.717, 1.165) is 13.1 Å². The van der Waals surface area contributed by atoms with Crippen molar-refractivity contribution in [3.05, 3.63) is 23.8 Å². The zero-order valence-electron chi connectivity index (χ0n) is 14.7. The number of hydroxylamine groups is 1. The van der Waals surface area contributed by atoms with Crippen LogP contribution in [-0.2, 0) is 26.0 Å². The Hall–Kier alpha value is -1.72. The number of benzene rings is 1. The molecule has 0 atom stereocenters. The molecule has 1 aliphatic heterocycles. The van der Waals surface area contributed by atoms with Gasteiger partial charge in [-0.2, -0.15) is 0 Å². The van der Waals surface area contributed by atoms with Crippen molar-refractivity contribution >= 4 is 15.9 Å². The molecule has 2 rings (SSSR count). The Morgan fingerprint density at radius 3 is 2.73 bits per heavy atom. The Balaban J connectivity index is 2.11. The highest BCUT2D eigenvalue weighted by Gasteiger charge is 2.20. The molecule has 1 aliphatic rings. The van der Waals surface area contributed by atoms with E-state index in [1.54, 1.807) is 12.1 Å². The molecular formula is C16H25N3O6S. The molecule has 0 aromatic heterocycles. The smallest absolute Gasteiger partial charge is 0.244 e. The van der Waals surface area contributed by atoms with Crippen molar-refractivity contribution in [1.82, 2.24) is 15.1 Å². The summed E-state index contributed by atoms with van der Waals surface area (Å²) < 4.78 is 38.1. The summed E-state index contributed by atoms with van der Waals surface area (Å²) >= 11 is 0. The lowest BCUT2D eigenvalue weighted by Gasteiger charge is -2.26. The highest BCUT2D eigenvalue weighted by Crippen LogP contribution is 2.22. The fourth-order valence-electron chi connectivity index (χ4n) is 2.68. The highest BCUT2D eigenvalue weighted by molar-refractivity contribution is 7.89. The van der Waals surface area contributed by atoms with E-state index in [0.29, 0.717) is 37.5 Å². The van der Waals surface area contributed by atoms with Crippen LogP contribution in [0, 0.1) is 0 Å². The van der Waals surface area contributed by atoms with Crippen LogP contribution in [0.25, 0.3) is 0 Å². The summed E-state index contributed by atoms with van der Waals surface area (Å²) in [7, 11) is -2.25. The summed E-state index contributed by atoms with van der Waals surface area (Å²) in [5, 5.41) is 8.47. The van der Waals surface area contributed by atoms with Gasteiger partial charge in [-0.1, -0.05) is 0 Å². The van der Waals surface area contributed by atoms with Gasteiger partial charge in [0, 0.05) is 32.6 Å². The second kappa shape index (κ2) is 9.83. The fraction of sp³-hybridized carbons (Fsp3) is 0.562. The number of nitrogens with one attached hydrogen (secondary N) is 2. The molecule has 3 N–H and O–H groups in total. The maximum absolute atomic E-state index is 12.6. The first kappa shape index (κ1) is 20.6. The van der Waals surface area contributed by atoms with Crippen molar-refractivity contribution in [3.8, 4) is 5.75 Å². The van der Waals surface area contributed by atoms with E-state index >= 15 is 0 Å². The summed E-state index contributed by atoms with van der Waals surface area (Å²) in [5.74, 6) is -0.0736. The molecule has 146 valence electrons. The number of nitrogens with zero attached hydrogens (tertiary/aromatic N) is 1. The number of hydrogen-bond acceptors (Lipinski definition) is 7. The predicted octanol–water partition coefficient (Wildman–Crippen LogP) is -0.256. The van der Waals surface area contributed by atoms with Crippen LogP contribution >= 0.6 is 0 Å². The quantitative estimate of drug-likeness (QED) is 0.395. The molecule has 1 aromatic rings. The second-order valence-electron chi connectivity index (χ2n) is 5.86. The zero-order chi connectivity index (χ0) is 19.0. The lowest BCUT2D eigenvalue weighted by atomic mass is 10.1. The van der Waals surface area contributed by atoms with E-state index in [2.05, 4.69) is 9.62 Å². The number of hydrogen-bond donors (Lipinski definition) is 3. The van der Waals surface area contributed by atoms with E-state index in [1.807, 2.05) is 0 Å². The molecule has 1 saturated heterocycles. The van der Waals surface area contributed by atoms with E-state index < -0.39 is 15.9 Å². The lowest BCUT2D eigenvalue weighted by Crippen LogP contribution is -2.37. The molecule has 1 amide bonds. The molecule has 26 heavy (non-hydrogen) atoms. The molecule has 1 fully saturated rings. The Kier molecular flexibility index (Phi) is 7.79. The summed E-state index contributed by atoms with van der Waals surface area (Å²) in [5.41, 5.74) is 2.12. The third-order valence-electron chi connectivity index (χ3n) is 4.13. The topological polar surface area (TPSA) is 117 Å². The molecule has 1 heterocycles. The van der Waals surface area contributed by atoms with E-state index in [9.17, 15) is 13.2 Å². The Morgan fingerprint density at radius 2 is 2.08 bits per heavy atom. The molecular weight excluding hydrogens is 362 g/mol. The van der Waals surface area contributed by atoms with Gasteiger partial charge in [-0.3, -0.25) is 14.9 Å². The van der Waals surface area contributed by atoms with Crippen LogP contribution in [0.5, 0.6) is 5.75 Å². The van der Waals surface area contributed by atoms with Crippen LogP contribution in [-0.4, -0.2) is 70.9 Å². The third kappa shape index (κ3) is 5.92. The minimum Gasteiger partial charge on any atom is -0.497 e. The van der Waals surface area contributed by atoms with Gasteiger partial charge in [0.1, 0.15) is 5.75 Å². The maximum atomic E-state index is 12.6. The number of carbonyl (C=O) groups excluding carboxylic acids is 1. The van der Waals surface area contributed by atoms with Crippen molar-refractivity contribution in [1.29, 1.82) is 0 Å². The van der Waals surface area contributed by atoms with Gasteiger partial charge in [0.25, 0.3) is 0 Å². The monoisotopic (exact) mass is 387 g/mol. The van der Waals surface area contributed by atoms with E-state index in [-0.39, 0.29) is 17.9 Å². The number of carbonyl (C=O) groups is 1. The minimum absolute atomic E-state index is 0.107. The standard InChI is InChI=1S/C16H25N3O6S/c1-24-14-2-3-15(26(22,23)17-6-4-16(20)18-21)13(12-14)5-7-19-8-10-25-11-9-19/h2-3,12,17,21H,4-11H2,1H3,(H,18,20). The lowest BCUT2D eigenvalue weighted by molar-refractivity contribution is -0.129. The average Bonchev–Trinajstić information content (AvgIpc) is 2.66. The van der Waals surface area contributed by atoms with Gasteiger partial charge in [-0.05, 0) is 30.2 Å². The number of ether oxygens (including phenoxy) is 2. The molecule has 0 radical (unpaired) electrons. The molecule has 0 spiro atoms. The first-order valence-electron chi connectivity index (χ1n) is 8.36. The summed E-state index contributed by atoms with van der Waals surface area (Å²) in [6.45, 7) is 3.60. The van der Waals surface area contributed by atoms with Gasteiger partial charge in [0.05, 0.1) is 25.2 Å². The van der Waals surface area contributed by atoms with Crippen LogP contribution in [0.4, 0.5) is 0 Å². The normalized spacial score (nSPS) is 15.6. The number of rotatable bonds is 9. The van der Waals surface area contributed by atoms with Crippen LogP contribution < -0.4 is 14.9 Å². The van der Waals surface area contributed by atoms with E-state index in [4.69, 9.17) is 14.7 Å². The van der Waals surface area contributed by atoms with Gasteiger partial charge in [0.2, 0.25) is 15.9 Å². The van der Waals surface area contributed by atoms with Crippen molar-refractivity contribution in [2.75, 3.05) is 46.5 Å². The summed E-state index contributed by atoms with van der Waals surface area (Å²) in [6.07, 6.45) is 0.388. The second-order valence-corrected chi connectivity index (χ2v) is 7.60. The van der Waals surface area contributed by atoms with Crippen molar-refractivity contribution < 1.29 is 27.9 Å². The molecule has 1 aromatic carbocycles. The molecule has 0 unspecified atom stereocenters. The summed E-state index contributed by atoms with van der Waals surface area (Å²) in [6, 6.07) is 4.81. The maximum Gasteiger partial charge on any atom is 0.244 e. The Labute approximate surface area is 153 Å². The largest absolute Gasteiger partial charge is 0.497 e. The van der Waals surface area contributed by atoms with Gasteiger partial charge >= 0.3 is 0 Å². The van der Waals surface area contributed by atoms with Gasteiger partial charge in [0.15, 0.2) is 0 Å². The van der Waals surface area contributed by atoms with Crippen molar-refractivity contribution in [2.24, 2.45) is 0 Å². The number of sulfonamides is 1. The highest BCUT2D eigenvalue weighted by atomic mass is 32.2. The van der Waals surface area contributed by atoms with Gasteiger partial charge in [-0.15, -0.1) is 0 Å². The third-order valence-corrected chi connectivity index (χ3v) is 5.69. The summed E-state index contributed by atoms with van der Waals surface area (Å²) in [4.78, 5) is 13.4. The van der Waals surface area contributed by atoms with Crippen LogP contribution in [0.1, 0.15) is 12.0 Å². The van der Waals surface area contributed by atoms with Crippen molar-refractivity contribution in [3.63, 3.8) is 0 Å². The molecule has 9 nitrogen and oxygen atoms in total. The minimum atomic E-state index is -3.78. The predicted molar refractivity (Wildman–Crippen MR) is 93.7 cm³/mol.